The van der Waals surface area contributed by atoms with Crippen molar-refractivity contribution in [3.05, 3.63) is 28.8 Å². The molecule has 0 amide bonds. The normalized spacial score (nSPS) is 10.1. The monoisotopic (exact) mass is 308 g/mol. The zero-order valence-electron chi connectivity index (χ0n) is 11.0. The average Bonchev–Trinajstić information content (AvgIpc) is 2.37. The van der Waals surface area contributed by atoms with Crippen LogP contribution in [0, 0.1) is 0 Å². The third-order valence-electron chi connectivity index (χ3n) is 2.28. The minimum atomic E-state index is 0. The van der Waals surface area contributed by atoms with E-state index in [-0.39, 0.29) is 19.0 Å². The Labute approximate surface area is 125 Å². The van der Waals surface area contributed by atoms with Crippen molar-refractivity contribution < 1.29 is 27.0 Å². The third-order valence-corrected chi connectivity index (χ3v) is 2.58. The molecule has 0 unspecified atom stereocenters. The van der Waals surface area contributed by atoms with Crippen LogP contribution in [0.2, 0.25) is 5.02 Å². The van der Waals surface area contributed by atoms with Crippen molar-refractivity contribution in [3.63, 3.8) is 0 Å². The lowest BCUT2D eigenvalue weighted by Crippen LogP contribution is -3.00. The SMILES string of the molecule is CCOc1ccc(CNCCOCCO)cc1Cl.[Cl-]. The summed E-state index contributed by atoms with van der Waals surface area (Å²) >= 11 is 6.08. The molecule has 1 aromatic rings. The van der Waals surface area contributed by atoms with E-state index in [1.165, 1.54) is 0 Å². The topological polar surface area (TPSA) is 50.7 Å². The maximum Gasteiger partial charge on any atom is 0.137 e. The highest BCUT2D eigenvalue weighted by molar-refractivity contribution is 6.32. The zero-order chi connectivity index (χ0) is 13.2. The van der Waals surface area contributed by atoms with E-state index in [1.54, 1.807) is 0 Å². The zero-order valence-corrected chi connectivity index (χ0v) is 12.5. The van der Waals surface area contributed by atoms with Crippen LogP contribution in [0.5, 0.6) is 5.75 Å². The van der Waals surface area contributed by atoms with Crippen LogP contribution in [-0.2, 0) is 11.3 Å². The van der Waals surface area contributed by atoms with E-state index in [0.29, 0.717) is 30.6 Å². The number of nitrogens with one attached hydrogen (secondary N) is 1. The van der Waals surface area contributed by atoms with Gasteiger partial charge in [-0.2, -0.15) is 0 Å². The van der Waals surface area contributed by atoms with Crippen LogP contribution in [-0.4, -0.2) is 38.1 Å². The molecule has 0 radical (unpaired) electrons. The predicted molar refractivity (Wildman–Crippen MR) is 72.2 cm³/mol. The van der Waals surface area contributed by atoms with Crippen molar-refractivity contribution >= 4 is 11.6 Å². The van der Waals surface area contributed by atoms with E-state index in [9.17, 15) is 0 Å². The van der Waals surface area contributed by atoms with Gasteiger partial charge in [0, 0.05) is 13.1 Å². The number of rotatable bonds is 9. The summed E-state index contributed by atoms with van der Waals surface area (Å²) in [5, 5.41) is 12.4. The average molecular weight is 309 g/mol. The smallest absolute Gasteiger partial charge is 0.137 e. The molecular formula is C13H20Cl2NO3-. The van der Waals surface area contributed by atoms with Gasteiger partial charge in [-0.1, -0.05) is 17.7 Å². The van der Waals surface area contributed by atoms with E-state index in [2.05, 4.69) is 5.32 Å². The minimum absolute atomic E-state index is 0. The molecule has 19 heavy (non-hydrogen) atoms. The molecule has 1 rings (SSSR count). The molecule has 0 aliphatic rings. The second-order valence-electron chi connectivity index (χ2n) is 3.71. The highest BCUT2D eigenvalue weighted by Gasteiger charge is 2.02. The van der Waals surface area contributed by atoms with E-state index in [0.717, 1.165) is 18.7 Å². The molecule has 1 aromatic carbocycles. The summed E-state index contributed by atoms with van der Waals surface area (Å²) < 4.78 is 10.5. The molecule has 0 aromatic heterocycles. The summed E-state index contributed by atoms with van der Waals surface area (Å²) in [6, 6.07) is 5.76. The Kier molecular flexibility index (Phi) is 11.0. The molecule has 0 saturated heterocycles. The third kappa shape index (κ3) is 7.60. The minimum Gasteiger partial charge on any atom is -1.00 e. The number of halogens is 2. The Bertz CT molecular complexity index is 351. The van der Waals surface area contributed by atoms with Gasteiger partial charge in [-0.3, -0.25) is 0 Å². The summed E-state index contributed by atoms with van der Waals surface area (Å²) in [5.41, 5.74) is 1.10. The van der Waals surface area contributed by atoms with Crippen molar-refractivity contribution in [1.29, 1.82) is 0 Å². The molecule has 0 atom stereocenters. The predicted octanol–water partition coefficient (Wildman–Crippen LogP) is -1.16. The van der Waals surface area contributed by atoms with E-state index in [1.807, 2.05) is 25.1 Å². The van der Waals surface area contributed by atoms with Crippen LogP contribution in [0.1, 0.15) is 12.5 Å². The van der Waals surface area contributed by atoms with Crippen LogP contribution in [0.25, 0.3) is 0 Å². The molecule has 0 aliphatic carbocycles. The first-order valence-electron chi connectivity index (χ1n) is 6.08. The Morgan fingerprint density at radius 2 is 2.11 bits per heavy atom. The lowest BCUT2D eigenvalue weighted by molar-refractivity contribution is -0.00000541. The fourth-order valence-corrected chi connectivity index (χ4v) is 1.73. The number of aliphatic hydroxyl groups excluding tert-OH is 1. The second kappa shape index (κ2) is 11.3. The summed E-state index contributed by atoms with van der Waals surface area (Å²) in [6.07, 6.45) is 0. The first kappa shape index (κ1) is 18.5. The molecule has 2 N–H and O–H groups in total. The van der Waals surface area contributed by atoms with Crippen LogP contribution in [0.15, 0.2) is 18.2 Å². The van der Waals surface area contributed by atoms with Gasteiger partial charge >= 0.3 is 0 Å². The van der Waals surface area contributed by atoms with Gasteiger partial charge in [-0.05, 0) is 24.6 Å². The molecule has 0 fully saturated rings. The van der Waals surface area contributed by atoms with Crippen molar-refractivity contribution in [2.75, 3.05) is 33.0 Å². The molecule has 6 heteroatoms. The molecule has 0 bridgehead atoms. The fraction of sp³-hybridized carbons (Fsp3) is 0.538. The number of ether oxygens (including phenoxy) is 2. The van der Waals surface area contributed by atoms with Gasteiger partial charge in [0.25, 0.3) is 0 Å². The van der Waals surface area contributed by atoms with Gasteiger partial charge in [0.2, 0.25) is 0 Å². The molecule has 110 valence electrons. The van der Waals surface area contributed by atoms with E-state index < -0.39 is 0 Å². The number of aliphatic hydroxyl groups is 1. The summed E-state index contributed by atoms with van der Waals surface area (Å²) in [5.74, 6) is 0.717. The van der Waals surface area contributed by atoms with E-state index >= 15 is 0 Å². The van der Waals surface area contributed by atoms with Gasteiger partial charge in [-0.15, -0.1) is 0 Å². The molecule has 0 saturated carbocycles. The maximum absolute atomic E-state index is 8.53. The highest BCUT2D eigenvalue weighted by Crippen LogP contribution is 2.25. The first-order valence-corrected chi connectivity index (χ1v) is 6.46. The van der Waals surface area contributed by atoms with Gasteiger partial charge in [0.1, 0.15) is 5.75 Å². The summed E-state index contributed by atoms with van der Waals surface area (Å²) in [7, 11) is 0. The first-order chi connectivity index (χ1) is 8.77. The van der Waals surface area contributed by atoms with Crippen molar-refractivity contribution in [2.45, 2.75) is 13.5 Å². The van der Waals surface area contributed by atoms with Crippen LogP contribution in [0.3, 0.4) is 0 Å². The number of benzene rings is 1. The lowest BCUT2D eigenvalue weighted by atomic mass is 10.2. The summed E-state index contributed by atoms with van der Waals surface area (Å²) in [6.45, 7) is 5.05. The Balaban J connectivity index is 0.00000324. The highest BCUT2D eigenvalue weighted by atomic mass is 35.5. The van der Waals surface area contributed by atoms with Gasteiger partial charge < -0.3 is 32.3 Å². The quantitative estimate of drug-likeness (QED) is 0.565. The van der Waals surface area contributed by atoms with Crippen molar-refractivity contribution in [3.8, 4) is 5.75 Å². The fourth-order valence-electron chi connectivity index (χ4n) is 1.47. The van der Waals surface area contributed by atoms with Crippen LogP contribution in [0.4, 0.5) is 0 Å². The second-order valence-corrected chi connectivity index (χ2v) is 4.12. The lowest BCUT2D eigenvalue weighted by Gasteiger charge is -2.09. The van der Waals surface area contributed by atoms with Gasteiger partial charge in [-0.25, -0.2) is 0 Å². The van der Waals surface area contributed by atoms with E-state index in [4.69, 9.17) is 26.2 Å². The Morgan fingerprint density at radius 1 is 1.32 bits per heavy atom. The Hall–Kier alpha value is -0.520. The van der Waals surface area contributed by atoms with Crippen molar-refractivity contribution in [1.82, 2.24) is 5.32 Å². The van der Waals surface area contributed by atoms with Crippen LogP contribution < -0.4 is 22.5 Å². The largest absolute Gasteiger partial charge is 1.00 e. The molecule has 0 spiro atoms. The van der Waals surface area contributed by atoms with Gasteiger partial charge in [0.15, 0.2) is 0 Å². The molecular weight excluding hydrogens is 289 g/mol. The molecule has 0 heterocycles. The molecule has 4 nitrogen and oxygen atoms in total. The molecule has 0 aliphatic heterocycles. The standard InChI is InChI=1S/C13H20ClNO3.ClH/c1-2-18-13-4-3-11(9-12(13)14)10-15-5-7-17-8-6-16;/h3-4,9,15-16H,2,5-8,10H2,1H3;1H/p-1. The maximum atomic E-state index is 8.53. The van der Waals surface area contributed by atoms with Gasteiger partial charge in [0.05, 0.1) is 31.5 Å². The van der Waals surface area contributed by atoms with Crippen LogP contribution >= 0.6 is 11.6 Å². The number of hydrogen-bond acceptors (Lipinski definition) is 4. The number of hydrogen-bond donors (Lipinski definition) is 2. The summed E-state index contributed by atoms with van der Waals surface area (Å²) in [4.78, 5) is 0. The Morgan fingerprint density at radius 3 is 2.74 bits per heavy atom. The van der Waals surface area contributed by atoms with Crippen molar-refractivity contribution in [2.24, 2.45) is 0 Å².